The van der Waals surface area contributed by atoms with Crippen molar-refractivity contribution < 1.29 is 19.1 Å². The highest BCUT2D eigenvalue weighted by molar-refractivity contribution is 6.04. The first-order valence-corrected chi connectivity index (χ1v) is 9.89. The number of hydrogen-bond donors (Lipinski definition) is 2. The molecule has 0 saturated heterocycles. The average Bonchev–Trinajstić information content (AvgIpc) is 2.78. The summed E-state index contributed by atoms with van der Waals surface area (Å²) in [5.74, 6) is 0.910. The van der Waals surface area contributed by atoms with Crippen molar-refractivity contribution in [2.75, 3.05) is 19.5 Å². The van der Waals surface area contributed by atoms with Crippen LogP contribution in [0.5, 0.6) is 11.5 Å². The summed E-state index contributed by atoms with van der Waals surface area (Å²) in [5, 5.41) is 5.78. The van der Waals surface area contributed by atoms with E-state index in [1.54, 1.807) is 44.6 Å². The van der Waals surface area contributed by atoms with Crippen LogP contribution in [0.3, 0.4) is 0 Å². The second-order valence-electron chi connectivity index (χ2n) is 7.21. The van der Waals surface area contributed by atoms with Crippen molar-refractivity contribution in [3.8, 4) is 11.5 Å². The topological polar surface area (TPSA) is 76.7 Å². The minimum atomic E-state index is -0.230. The van der Waals surface area contributed by atoms with Crippen molar-refractivity contribution in [2.45, 2.75) is 20.4 Å². The smallest absolute Gasteiger partial charge is 0.255 e. The van der Waals surface area contributed by atoms with Crippen LogP contribution in [0.25, 0.3) is 0 Å². The lowest BCUT2D eigenvalue weighted by molar-refractivity contribution is 0.0949. The summed E-state index contributed by atoms with van der Waals surface area (Å²) in [6.45, 7) is 4.18. The summed E-state index contributed by atoms with van der Waals surface area (Å²) in [4.78, 5) is 25.1. The van der Waals surface area contributed by atoms with Crippen LogP contribution in [-0.2, 0) is 6.54 Å². The SMILES string of the molecule is COc1cc(C(=O)NCc2cccc(NC(=O)c3ccc(C)c(OC)c3)c2)ccc1C. The Bertz CT molecular complexity index is 1110. The lowest BCUT2D eigenvalue weighted by Gasteiger charge is -2.11. The quantitative estimate of drug-likeness (QED) is 0.592. The van der Waals surface area contributed by atoms with Crippen molar-refractivity contribution in [2.24, 2.45) is 0 Å². The number of aryl methyl sites for hydroxylation is 2. The van der Waals surface area contributed by atoms with Crippen molar-refractivity contribution in [1.29, 1.82) is 0 Å². The van der Waals surface area contributed by atoms with E-state index in [1.165, 1.54) is 0 Å². The Morgan fingerprint density at radius 3 is 1.94 bits per heavy atom. The van der Waals surface area contributed by atoms with Crippen LogP contribution in [0.2, 0.25) is 0 Å². The molecular weight excluding hydrogens is 392 g/mol. The Balaban J connectivity index is 1.65. The average molecular weight is 418 g/mol. The fraction of sp³-hybridized carbons (Fsp3) is 0.200. The van der Waals surface area contributed by atoms with Crippen molar-refractivity contribution in [1.82, 2.24) is 5.32 Å². The summed E-state index contributed by atoms with van der Waals surface area (Å²) >= 11 is 0. The third kappa shape index (κ3) is 5.42. The summed E-state index contributed by atoms with van der Waals surface area (Å²) in [6, 6.07) is 18.0. The molecule has 0 aliphatic carbocycles. The van der Waals surface area contributed by atoms with Gasteiger partial charge in [-0.05, 0) is 66.9 Å². The molecule has 6 heteroatoms. The summed E-state index contributed by atoms with van der Waals surface area (Å²) < 4.78 is 10.6. The van der Waals surface area contributed by atoms with Gasteiger partial charge >= 0.3 is 0 Å². The van der Waals surface area contributed by atoms with Gasteiger partial charge in [-0.25, -0.2) is 0 Å². The van der Waals surface area contributed by atoms with E-state index < -0.39 is 0 Å². The van der Waals surface area contributed by atoms with Crippen LogP contribution < -0.4 is 20.1 Å². The van der Waals surface area contributed by atoms with Crippen LogP contribution in [0.15, 0.2) is 60.7 Å². The number of ether oxygens (including phenoxy) is 2. The Labute approximate surface area is 182 Å². The number of carbonyl (C=O) groups excluding carboxylic acids is 2. The molecule has 0 bridgehead atoms. The molecule has 0 unspecified atom stereocenters. The van der Waals surface area contributed by atoms with Gasteiger partial charge in [0.15, 0.2) is 0 Å². The first-order valence-electron chi connectivity index (χ1n) is 9.89. The van der Waals surface area contributed by atoms with Gasteiger partial charge in [-0.15, -0.1) is 0 Å². The van der Waals surface area contributed by atoms with Crippen molar-refractivity contribution >= 4 is 17.5 Å². The number of amides is 2. The standard InChI is InChI=1S/C25H26N2O4/c1-16-8-10-19(13-22(16)30-3)24(28)26-15-18-6-5-7-21(12-18)27-25(29)20-11-9-17(2)23(14-20)31-4/h5-14H,15H2,1-4H3,(H,26,28)(H,27,29). The maximum atomic E-state index is 12.6. The van der Waals surface area contributed by atoms with Crippen LogP contribution in [-0.4, -0.2) is 26.0 Å². The third-order valence-corrected chi connectivity index (χ3v) is 4.98. The Morgan fingerprint density at radius 1 is 0.774 bits per heavy atom. The van der Waals surface area contributed by atoms with E-state index in [0.29, 0.717) is 34.9 Å². The van der Waals surface area contributed by atoms with E-state index in [4.69, 9.17) is 9.47 Å². The van der Waals surface area contributed by atoms with Gasteiger partial charge in [0, 0.05) is 23.4 Å². The Hall–Kier alpha value is -3.80. The van der Waals surface area contributed by atoms with Gasteiger partial charge in [0.2, 0.25) is 0 Å². The van der Waals surface area contributed by atoms with Crippen LogP contribution in [0, 0.1) is 13.8 Å². The fourth-order valence-corrected chi connectivity index (χ4v) is 3.17. The Morgan fingerprint density at radius 2 is 1.35 bits per heavy atom. The maximum Gasteiger partial charge on any atom is 0.255 e. The summed E-state index contributed by atoms with van der Waals surface area (Å²) in [7, 11) is 3.16. The predicted octanol–water partition coefficient (Wildman–Crippen LogP) is 4.50. The molecule has 3 aromatic carbocycles. The molecule has 0 atom stereocenters. The molecule has 0 spiro atoms. The number of carbonyl (C=O) groups is 2. The number of benzene rings is 3. The lowest BCUT2D eigenvalue weighted by Crippen LogP contribution is -2.23. The molecule has 0 radical (unpaired) electrons. The number of methoxy groups -OCH3 is 2. The molecule has 160 valence electrons. The number of rotatable bonds is 7. The molecule has 3 aromatic rings. The lowest BCUT2D eigenvalue weighted by atomic mass is 10.1. The van der Waals surface area contributed by atoms with Crippen LogP contribution in [0.1, 0.15) is 37.4 Å². The van der Waals surface area contributed by atoms with Crippen LogP contribution in [0.4, 0.5) is 5.69 Å². The monoisotopic (exact) mass is 418 g/mol. The maximum absolute atomic E-state index is 12.6. The van der Waals surface area contributed by atoms with E-state index in [9.17, 15) is 9.59 Å². The molecule has 0 heterocycles. The zero-order valence-electron chi connectivity index (χ0n) is 18.1. The number of anilines is 1. The van der Waals surface area contributed by atoms with Crippen LogP contribution >= 0.6 is 0 Å². The predicted molar refractivity (Wildman–Crippen MR) is 121 cm³/mol. The second-order valence-corrected chi connectivity index (χ2v) is 7.21. The van der Waals surface area contributed by atoms with E-state index in [2.05, 4.69) is 10.6 Å². The zero-order chi connectivity index (χ0) is 22.4. The largest absolute Gasteiger partial charge is 0.496 e. The second kappa shape index (κ2) is 9.80. The number of nitrogens with one attached hydrogen (secondary N) is 2. The van der Waals surface area contributed by atoms with Gasteiger partial charge in [-0.3, -0.25) is 9.59 Å². The molecule has 2 N–H and O–H groups in total. The van der Waals surface area contributed by atoms with Gasteiger partial charge in [0.1, 0.15) is 11.5 Å². The third-order valence-electron chi connectivity index (χ3n) is 4.98. The molecule has 2 amide bonds. The van der Waals surface area contributed by atoms with Gasteiger partial charge in [-0.1, -0.05) is 24.3 Å². The summed E-state index contributed by atoms with van der Waals surface area (Å²) in [6.07, 6.45) is 0. The normalized spacial score (nSPS) is 10.3. The van der Waals surface area contributed by atoms with E-state index in [0.717, 1.165) is 16.7 Å². The van der Waals surface area contributed by atoms with Crippen molar-refractivity contribution in [3.05, 3.63) is 88.5 Å². The molecule has 6 nitrogen and oxygen atoms in total. The molecule has 0 aliphatic heterocycles. The highest BCUT2D eigenvalue weighted by Gasteiger charge is 2.11. The van der Waals surface area contributed by atoms with E-state index in [1.807, 2.05) is 44.2 Å². The zero-order valence-corrected chi connectivity index (χ0v) is 18.1. The van der Waals surface area contributed by atoms with Gasteiger partial charge in [-0.2, -0.15) is 0 Å². The van der Waals surface area contributed by atoms with E-state index in [-0.39, 0.29) is 11.8 Å². The van der Waals surface area contributed by atoms with Gasteiger partial charge in [0.25, 0.3) is 11.8 Å². The molecular formula is C25H26N2O4. The van der Waals surface area contributed by atoms with Crippen molar-refractivity contribution in [3.63, 3.8) is 0 Å². The first-order chi connectivity index (χ1) is 14.9. The minimum Gasteiger partial charge on any atom is -0.496 e. The molecule has 0 fully saturated rings. The first kappa shape index (κ1) is 21.9. The molecule has 0 aromatic heterocycles. The van der Waals surface area contributed by atoms with Gasteiger partial charge in [0.05, 0.1) is 14.2 Å². The van der Waals surface area contributed by atoms with Gasteiger partial charge < -0.3 is 20.1 Å². The molecule has 0 aliphatic rings. The molecule has 3 rings (SSSR count). The highest BCUT2D eigenvalue weighted by atomic mass is 16.5. The minimum absolute atomic E-state index is 0.195. The molecule has 31 heavy (non-hydrogen) atoms. The van der Waals surface area contributed by atoms with E-state index >= 15 is 0 Å². The Kier molecular flexibility index (Phi) is 6.92. The molecule has 0 saturated carbocycles. The summed E-state index contributed by atoms with van der Waals surface area (Å²) in [5.41, 5.74) is 4.48. The number of hydrogen-bond acceptors (Lipinski definition) is 4. The fourth-order valence-electron chi connectivity index (χ4n) is 3.17. The highest BCUT2D eigenvalue weighted by Crippen LogP contribution is 2.21.